The van der Waals surface area contributed by atoms with Crippen molar-refractivity contribution in [3.63, 3.8) is 0 Å². The van der Waals surface area contributed by atoms with Crippen LogP contribution in [0.4, 0.5) is 4.79 Å². The molecule has 2 N–H and O–H groups in total. The number of urea groups is 1. The maximum absolute atomic E-state index is 12.4. The molecule has 7 nitrogen and oxygen atoms in total. The van der Waals surface area contributed by atoms with E-state index in [1.165, 1.54) is 13.3 Å². The minimum absolute atomic E-state index is 0.0579. The third kappa shape index (κ3) is 4.48. The summed E-state index contributed by atoms with van der Waals surface area (Å²) in [7, 11) is 0. The maximum atomic E-state index is 12.4. The molecule has 0 unspecified atom stereocenters. The van der Waals surface area contributed by atoms with Crippen molar-refractivity contribution in [3.8, 4) is 0 Å². The van der Waals surface area contributed by atoms with Crippen LogP contribution in [-0.4, -0.2) is 30.1 Å². The minimum Gasteiger partial charge on any atom is -0.449 e. The van der Waals surface area contributed by atoms with Gasteiger partial charge in [-0.05, 0) is 32.8 Å². The second kappa shape index (κ2) is 8.24. The van der Waals surface area contributed by atoms with E-state index in [9.17, 15) is 14.4 Å². The van der Waals surface area contributed by atoms with Crippen LogP contribution in [0.3, 0.4) is 0 Å². The number of hydrogen-bond acceptors (Lipinski definition) is 5. The number of aryl methyl sites for hydroxylation is 1. The summed E-state index contributed by atoms with van der Waals surface area (Å²) < 4.78 is 10.7. The van der Waals surface area contributed by atoms with Gasteiger partial charge in [-0.1, -0.05) is 37.5 Å². The standard InChI is InChI=1S/C20H24N2O5/c1-12-15-10-6-7-11-16(15)27-17(12)19(24)26-13(2)18(23)22-20(25)21-14-8-4-3-5-9-14/h6-7,10-11,13-14H,3-5,8-9H2,1-2H3,(H2,21,22,23,25)/t13-/m1/s1. The monoisotopic (exact) mass is 372 g/mol. The van der Waals surface area contributed by atoms with Crippen LogP contribution in [-0.2, 0) is 9.53 Å². The van der Waals surface area contributed by atoms with Crippen molar-refractivity contribution in [1.29, 1.82) is 0 Å². The number of fused-ring (bicyclic) bond motifs is 1. The first-order chi connectivity index (χ1) is 13.0. The molecule has 7 heteroatoms. The number of carbonyl (C=O) groups excluding carboxylic acids is 3. The van der Waals surface area contributed by atoms with Crippen molar-refractivity contribution in [2.24, 2.45) is 0 Å². The summed E-state index contributed by atoms with van der Waals surface area (Å²) in [5.41, 5.74) is 1.23. The van der Waals surface area contributed by atoms with E-state index in [-0.39, 0.29) is 11.8 Å². The lowest BCUT2D eigenvalue weighted by Gasteiger charge is -2.23. The van der Waals surface area contributed by atoms with Gasteiger partial charge in [0.2, 0.25) is 5.76 Å². The van der Waals surface area contributed by atoms with Gasteiger partial charge in [-0.3, -0.25) is 10.1 Å². The smallest absolute Gasteiger partial charge is 0.375 e. The van der Waals surface area contributed by atoms with E-state index < -0.39 is 24.0 Å². The summed E-state index contributed by atoms with van der Waals surface area (Å²) >= 11 is 0. The molecular weight excluding hydrogens is 348 g/mol. The lowest BCUT2D eigenvalue weighted by molar-refractivity contribution is -0.128. The molecule has 0 spiro atoms. The van der Waals surface area contributed by atoms with E-state index in [0.29, 0.717) is 11.1 Å². The molecule has 1 aliphatic carbocycles. The predicted octanol–water partition coefficient (Wildman–Crippen LogP) is 3.45. The van der Waals surface area contributed by atoms with Gasteiger partial charge in [0.15, 0.2) is 6.10 Å². The summed E-state index contributed by atoms with van der Waals surface area (Å²) in [6, 6.07) is 6.78. The highest BCUT2D eigenvalue weighted by Crippen LogP contribution is 2.25. The van der Waals surface area contributed by atoms with Crippen LogP contribution >= 0.6 is 0 Å². The van der Waals surface area contributed by atoms with Crippen molar-refractivity contribution in [2.75, 3.05) is 0 Å². The Morgan fingerprint density at radius 2 is 1.85 bits per heavy atom. The van der Waals surface area contributed by atoms with Gasteiger partial charge in [-0.2, -0.15) is 0 Å². The summed E-state index contributed by atoms with van der Waals surface area (Å²) in [4.78, 5) is 36.4. The molecule has 3 amide bonds. The van der Waals surface area contributed by atoms with Crippen LogP contribution in [0.2, 0.25) is 0 Å². The Hall–Kier alpha value is -2.83. The molecule has 1 aromatic heterocycles. The van der Waals surface area contributed by atoms with Gasteiger partial charge in [0, 0.05) is 17.0 Å². The molecule has 0 aliphatic heterocycles. The fourth-order valence-electron chi connectivity index (χ4n) is 3.32. The molecule has 1 atom stereocenters. The fourth-order valence-corrected chi connectivity index (χ4v) is 3.32. The van der Waals surface area contributed by atoms with Crippen LogP contribution in [0.5, 0.6) is 0 Å². The minimum atomic E-state index is -1.12. The van der Waals surface area contributed by atoms with Crippen molar-refractivity contribution < 1.29 is 23.5 Å². The number of amides is 3. The lowest BCUT2D eigenvalue weighted by Crippen LogP contribution is -2.48. The zero-order valence-electron chi connectivity index (χ0n) is 15.5. The zero-order valence-corrected chi connectivity index (χ0v) is 15.5. The molecule has 1 fully saturated rings. The number of benzene rings is 1. The number of ether oxygens (including phenoxy) is 1. The van der Waals surface area contributed by atoms with Gasteiger partial charge in [-0.15, -0.1) is 0 Å². The number of rotatable bonds is 4. The Balaban J connectivity index is 1.56. The number of carbonyl (C=O) groups is 3. The van der Waals surface area contributed by atoms with E-state index in [1.54, 1.807) is 19.1 Å². The van der Waals surface area contributed by atoms with Crippen LogP contribution in [0.25, 0.3) is 11.0 Å². The number of nitrogens with one attached hydrogen (secondary N) is 2. The Morgan fingerprint density at radius 1 is 1.15 bits per heavy atom. The zero-order chi connectivity index (χ0) is 19.4. The number of furan rings is 1. The molecular formula is C20H24N2O5. The first kappa shape index (κ1) is 18.9. The van der Waals surface area contributed by atoms with Crippen molar-refractivity contribution in [2.45, 2.75) is 58.1 Å². The molecule has 1 saturated carbocycles. The molecule has 27 heavy (non-hydrogen) atoms. The molecule has 2 aromatic rings. The molecule has 144 valence electrons. The van der Waals surface area contributed by atoms with Crippen molar-refractivity contribution in [1.82, 2.24) is 10.6 Å². The number of para-hydroxylation sites is 1. The summed E-state index contributed by atoms with van der Waals surface area (Å²) in [6.07, 6.45) is 4.03. The van der Waals surface area contributed by atoms with Gasteiger partial charge in [0.25, 0.3) is 5.91 Å². The molecule has 0 radical (unpaired) electrons. The summed E-state index contributed by atoms with van der Waals surface area (Å²) in [6.45, 7) is 3.17. The van der Waals surface area contributed by atoms with E-state index in [4.69, 9.17) is 9.15 Å². The topological polar surface area (TPSA) is 97.6 Å². The van der Waals surface area contributed by atoms with Crippen LogP contribution in [0, 0.1) is 6.92 Å². The van der Waals surface area contributed by atoms with Crippen molar-refractivity contribution in [3.05, 3.63) is 35.6 Å². The van der Waals surface area contributed by atoms with Gasteiger partial charge >= 0.3 is 12.0 Å². The third-order valence-corrected chi connectivity index (χ3v) is 4.86. The van der Waals surface area contributed by atoms with Crippen LogP contribution in [0.15, 0.2) is 28.7 Å². The average Bonchev–Trinajstić information content (AvgIpc) is 2.99. The second-order valence-corrected chi connectivity index (χ2v) is 6.90. The molecule has 0 bridgehead atoms. The number of hydrogen-bond donors (Lipinski definition) is 2. The average molecular weight is 372 g/mol. The highest BCUT2D eigenvalue weighted by atomic mass is 16.6. The first-order valence-corrected chi connectivity index (χ1v) is 9.26. The fraction of sp³-hybridized carbons (Fsp3) is 0.450. The first-order valence-electron chi connectivity index (χ1n) is 9.26. The third-order valence-electron chi connectivity index (χ3n) is 4.86. The van der Waals surface area contributed by atoms with E-state index in [0.717, 1.165) is 31.1 Å². The summed E-state index contributed by atoms with van der Waals surface area (Å²) in [5, 5.41) is 5.83. The van der Waals surface area contributed by atoms with Crippen LogP contribution < -0.4 is 10.6 Å². The number of imide groups is 1. The Morgan fingerprint density at radius 3 is 2.56 bits per heavy atom. The van der Waals surface area contributed by atoms with Crippen LogP contribution in [0.1, 0.15) is 55.1 Å². The second-order valence-electron chi connectivity index (χ2n) is 6.90. The Labute approximate surface area is 157 Å². The van der Waals surface area contributed by atoms with E-state index >= 15 is 0 Å². The largest absolute Gasteiger partial charge is 0.449 e. The van der Waals surface area contributed by atoms with Gasteiger partial charge in [0.05, 0.1) is 0 Å². The number of esters is 1. The molecule has 1 heterocycles. The van der Waals surface area contributed by atoms with E-state index in [2.05, 4.69) is 10.6 Å². The molecule has 1 aliphatic rings. The highest BCUT2D eigenvalue weighted by molar-refractivity contribution is 6.00. The SMILES string of the molecule is Cc1c(C(=O)O[C@H](C)C(=O)NC(=O)NC2CCCCC2)oc2ccccc12. The molecule has 1 aromatic carbocycles. The summed E-state index contributed by atoms with van der Waals surface area (Å²) in [5.74, 6) is -1.35. The lowest BCUT2D eigenvalue weighted by atomic mass is 9.96. The van der Waals surface area contributed by atoms with Gasteiger partial charge in [0.1, 0.15) is 5.58 Å². The predicted molar refractivity (Wildman–Crippen MR) is 99.4 cm³/mol. The molecule has 3 rings (SSSR count). The van der Waals surface area contributed by atoms with E-state index in [1.807, 2.05) is 12.1 Å². The van der Waals surface area contributed by atoms with Gasteiger partial charge in [-0.25, -0.2) is 9.59 Å². The highest BCUT2D eigenvalue weighted by Gasteiger charge is 2.25. The van der Waals surface area contributed by atoms with Gasteiger partial charge < -0.3 is 14.5 Å². The molecule has 0 saturated heterocycles. The normalized spacial score (nSPS) is 15.9. The van der Waals surface area contributed by atoms with Crippen molar-refractivity contribution >= 4 is 28.9 Å². The Kier molecular flexibility index (Phi) is 5.78. The Bertz CT molecular complexity index is 851. The maximum Gasteiger partial charge on any atom is 0.375 e. The quantitative estimate of drug-likeness (QED) is 0.801.